The van der Waals surface area contributed by atoms with Gasteiger partial charge < -0.3 is 19.7 Å². The van der Waals surface area contributed by atoms with Crippen LogP contribution in [0.15, 0.2) is 47.8 Å². The molecule has 200 valence electrons. The minimum absolute atomic E-state index is 0.216. The molecule has 2 aromatic carbocycles. The largest absolute Gasteiger partial charge is 0.496 e. The predicted octanol–water partition coefficient (Wildman–Crippen LogP) is 6.07. The van der Waals surface area contributed by atoms with Gasteiger partial charge in [-0.2, -0.15) is 0 Å². The summed E-state index contributed by atoms with van der Waals surface area (Å²) in [5.41, 5.74) is 1.61. The van der Waals surface area contributed by atoms with E-state index in [1.807, 2.05) is 0 Å². The number of nitrogens with one attached hydrogen (secondary N) is 2. The van der Waals surface area contributed by atoms with Crippen LogP contribution in [0.3, 0.4) is 0 Å². The van der Waals surface area contributed by atoms with Crippen LogP contribution in [0, 0.1) is 5.82 Å². The van der Waals surface area contributed by atoms with Crippen LogP contribution in [-0.4, -0.2) is 56.0 Å². The molecule has 8 nitrogen and oxygen atoms in total. The van der Waals surface area contributed by atoms with E-state index in [0.29, 0.717) is 71.9 Å². The number of thiophene rings is 1. The summed E-state index contributed by atoms with van der Waals surface area (Å²) in [7, 11) is 1.43. The van der Waals surface area contributed by atoms with Gasteiger partial charge in [-0.15, -0.1) is 11.3 Å². The molecule has 1 saturated heterocycles. The van der Waals surface area contributed by atoms with Crippen molar-refractivity contribution in [2.24, 2.45) is 0 Å². The van der Waals surface area contributed by atoms with Crippen LogP contribution in [0.4, 0.5) is 20.6 Å². The second-order valence-corrected chi connectivity index (χ2v) is 10.0. The number of amides is 2. The lowest BCUT2D eigenvalue weighted by molar-refractivity contribution is -0.116. The minimum atomic E-state index is -0.577. The Balaban J connectivity index is 1.21. The van der Waals surface area contributed by atoms with Gasteiger partial charge in [0.15, 0.2) is 6.29 Å². The zero-order valence-electron chi connectivity index (χ0n) is 20.7. The van der Waals surface area contributed by atoms with E-state index in [1.54, 1.807) is 29.6 Å². The van der Waals surface area contributed by atoms with Crippen LogP contribution in [-0.2, 0) is 9.53 Å². The average Bonchev–Trinajstić information content (AvgIpc) is 3.37. The summed E-state index contributed by atoms with van der Waals surface area (Å²) in [5, 5.41) is 7.53. The van der Waals surface area contributed by atoms with Crippen molar-refractivity contribution in [1.82, 2.24) is 4.90 Å². The Morgan fingerprint density at radius 1 is 1.16 bits per heavy atom. The normalized spacial score (nSPS) is 14.1. The lowest BCUT2D eigenvalue weighted by Gasteiger charge is -2.31. The van der Waals surface area contributed by atoms with Gasteiger partial charge >= 0.3 is 6.09 Å². The third-order valence-electron chi connectivity index (χ3n) is 6.20. The van der Waals surface area contributed by atoms with E-state index in [4.69, 9.17) is 21.1 Å². The summed E-state index contributed by atoms with van der Waals surface area (Å²) < 4.78 is 24.9. The van der Waals surface area contributed by atoms with Gasteiger partial charge in [-0.3, -0.25) is 14.9 Å². The van der Waals surface area contributed by atoms with Gasteiger partial charge in [0, 0.05) is 37.7 Å². The van der Waals surface area contributed by atoms with Gasteiger partial charge in [0.1, 0.15) is 17.7 Å². The molecule has 1 aromatic heterocycles. The predicted molar refractivity (Wildman–Crippen MR) is 146 cm³/mol. The molecule has 0 aliphatic carbocycles. The number of aldehydes is 1. The number of nitrogens with zero attached hydrogens (tertiary/aromatic N) is 1. The standard InChI is InChI=1S/C27H27ClFN3O5S/c1-36-24-15-23(20(28)14-17(24)16-33)30-25(34)8-12-32-10-6-18(7-11-32)37-27(35)31-22-9-13-38-26(22)19-4-2-3-5-21(19)29/h2-5,9,13-16,18H,6-8,10-12H2,1H3,(H,30,34)(H,31,35). The van der Waals surface area contributed by atoms with Crippen LogP contribution in [0.2, 0.25) is 5.02 Å². The van der Waals surface area contributed by atoms with Gasteiger partial charge in [-0.25, -0.2) is 9.18 Å². The summed E-state index contributed by atoms with van der Waals surface area (Å²) in [5.74, 6) is -0.244. The molecule has 3 aromatic rings. The first kappa shape index (κ1) is 27.6. The second-order valence-electron chi connectivity index (χ2n) is 8.70. The Hall–Kier alpha value is -3.47. The monoisotopic (exact) mass is 559 g/mol. The summed E-state index contributed by atoms with van der Waals surface area (Å²) in [6.45, 7) is 1.88. The number of anilines is 2. The molecule has 1 aliphatic heterocycles. The first-order valence-corrected chi connectivity index (χ1v) is 13.3. The average molecular weight is 560 g/mol. The number of carbonyl (C=O) groups is 3. The van der Waals surface area contributed by atoms with Gasteiger partial charge in [0.2, 0.25) is 5.91 Å². The highest BCUT2D eigenvalue weighted by Crippen LogP contribution is 2.35. The number of piperidine rings is 1. The van der Waals surface area contributed by atoms with E-state index < -0.39 is 6.09 Å². The molecule has 0 saturated carbocycles. The van der Waals surface area contributed by atoms with E-state index in [-0.39, 0.29) is 29.3 Å². The van der Waals surface area contributed by atoms with E-state index in [0.717, 1.165) is 0 Å². The quantitative estimate of drug-likeness (QED) is 0.309. The molecule has 0 atom stereocenters. The highest BCUT2D eigenvalue weighted by molar-refractivity contribution is 7.14. The minimum Gasteiger partial charge on any atom is -0.496 e. The summed E-state index contributed by atoms with van der Waals surface area (Å²) in [6, 6.07) is 11.1. The Morgan fingerprint density at radius 2 is 1.92 bits per heavy atom. The Labute approximate surface area is 228 Å². The summed E-state index contributed by atoms with van der Waals surface area (Å²) >= 11 is 7.52. The Bertz CT molecular complexity index is 1310. The molecule has 1 aliphatic rings. The Morgan fingerprint density at radius 3 is 2.63 bits per heavy atom. The first-order valence-electron chi connectivity index (χ1n) is 12.0. The highest BCUT2D eigenvalue weighted by atomic mass is 35.5. The number of methoxy groups -OCH3 is 1. The van der Waals surface area contributed by atoms with Crippen molar-refractivity contribution >= 4 is 52.6 Å². The topological polar surface area (TPSA) is 97.0 Å². The molecule has 0 spiro atoms. The number of hydrogen-bond donors (Lipinski definition) is 2. The molecular weight excluding hydrogens is 533 g/mol. The van der Waals surface area contributed by atoms with Crippen LogP contribution < -0.4 is 15.4 Å². The van der Waals surface area contributed by atoms with E-state index in [9.17, 15) is 18.8 Å². The van der Waals surface area contributed by atoms with Crippen LogP contribution in [0.5, 0.6) is 5.75 Å². The molecule has 4 rings (SSSR count). The van der Waals surface area contributed by atoms with Gasteiger partial charge in [-0.1, -0.05) is 29.8 Å². The van der Waals surface area contributed by atoms with Crippen LogP contribution >= 0.6 is 22.9 Å². The SMILES string of the molecule is COc1cc(NC(=O)CCN2CCC(OC(=O)Nc3ccsc3-c3ccccc3F)CC2)c(Cl)cc1C=O. The van der Waals surface area contributed by atoms with Gasteiger partial charge in [0.25, 0.3) is 0 Å². The molecule has 1 fully saturated rings. The molecule has 2 amide bonds. The molecule has 38 heavy (non-hydrogen) atoms. The maximum atomic E-state index is 14.2. The smallest absolute Gasteiger partial charge is 0.411 e. The lowest BCUT2D eigenvalue weighted by Crippen LogP contribution is -2.39. The molecule has 0 unspecified atom stereocenters. The number of likely N-dealkylation sites (tertiary alicyclic amines) is 1. The number of halogens is 2. The van der Waals surface area contributed by atoms with E-state index in [2.05, 4.69) is 15.5 Å². The summed E-state index contributed by atoms with van der Waals surface area (Å²) in [6.07, 6.45) is 1.32. The van der Waals surface area contributed by atoms with Gasteiger partial charge in [0.05, 0.1) is 33.9 Å². The molecule has 2 N–H and O–H groups in total. The highest BCUT2D eigenvalue weighted by Gasteiger charge is 2.24. The molecule has 0 radical (unpaired) electrons. The van der Waals surface area contributed by atoms with Crippen molar-refractivity contribution in [3.63, 3.8) is 0 Å². The molecular formula is C27H27ClFN3O5S. The van der Waals surface area contributed by atoms with Crippen molar-refractivity contribution in [3.8, 4) is 16.2 Å². The fraction of sp³-hybridized carbons (Fsp3) is 0.296. The van der Waals surface area contributed by atoms with E-state index >= 15 is 0 Å². The fourth-order valence-corrected chi connectivity index (χ4v) is 5.31. The number of ether oxygens (including phenoxy) is 2. The van der Waals surface area contributed by atoms with Crippen molar-refractivity contribution in [1.29, 1.82) is 0 Å². The zero-order valence-corrected chi connectivity index (χ0v) is 22.2. The maximum Gasteiger partial charge on any atom is 0.411 e. The summed E-state index contributed by atoms with van der Waals surface area (Å²) in [4.78, 5) is 38.8. The second kappa shape index (κ2) is 12.9. The van der Waals surface area contributed by atoms with Crippen molar-refractivity contribution in [3.05, 3.63) is 64.2 Å². The molecule has 2 heterocycles. The number of rotatable bonds is 9. The Kier molecular flexibility index (Phi) is 9.33. The maximum absolute atomic E-state index is 14.2. The first-order chi connectivity index (χ1) is 18.4. The number of carbonyl (C=O) groups excluding carboxylic acids is 3. The van der Waals surface area contributed by atoms with E-state index in [1.165, 1.54) is 36.6 Å². The van der Waals surface area contributed by atoms with Gasteiger partial charge in [-0.05, 0) is 36.4 Å². The van der Waals surface area contributed by atoms with Crippen LogP contribution in [0.25, 0.3) is 10.4 Å². The van der Waals surface area contributed by atoms with Crippen molar-refractivity contribution in [2.45, 2.75) is 25.4 Å². The fourth-order valence-electron chi connectivity index (χ4n) is 4.21. The van der Waals surface area contributed by atoms with Crippen LogP contribution in [0.1, 0.15) is 29.6 Å². The third-order valence-corrected chi connectivity index (χ3v) is 7.46. The lowest BCUT2D eigenvalue weighted by atomic mass is 10.1. The van der Waals surface area contributed by atoms with Crippen molar-refractivity contribution < 1.29 is 28.2 Å². The molecule has 0 bridgehead atoms. The third kappa shape index (κ3) is 6.89. The van der Waals surface area contributed by atoms with Crippen molar-refractivity contribution in [2.75, 3.05) is 37.4 Å². The molecule has 11 heteroatoms. The number of benzene rings is 2. The number of hydrogen-bond acceptors (Lipinski definition) is 7. The zero-order chi connectivity index (χ0) is 27.1.